The zero-order valence-corrected chi connectivity index (χ0v) is 12.7. The summed E-state index contributed by atoms with van der Waals surface area (Å²) >= 11 is 0. The van der Waals surface area contributed by atoms with Gasteiger partial charge in [0.05, 0.1) is 0 Å². The van der Waals surface area contributed by atoms with Crippen LogP contribution in [0.1, 0.15) is 62.1 Å². The molecule has 1 aliphatic carbocycles. The van der Waals surface area contributed by atoms with E-state index in [-0.39, 0.29) is 0 Å². The van der Waals surface area contributed by atoms with Gasteiger partial charge in [0.15, 0.2) is 0 Å². The summed E-state index contributed by atoms with van der Waals surface area (Å²) in [5.41, 5.74) is 9.32. The summed E-state index contributed by atoms with van der Waals surface area (Å²) in [5.74, 6) is 1.45. The minimum Gasteiger partial charge on any atom is -0.330 e. The van der Waals surface area contributed by atoms with Crippen molar-refractivity contribution in [1.82, 2.24) is 4.90 Å². The smallest absolute Gasteiger partial charge is 0.0391 e. The largest absolute Gasteiger partial charge is 0.330 e. The molecule has 2 fully saturated rings. The molecule has 1 saturated heterocycles. The number of benzene rings is 1. The summed E-state index contributed by atoms with van der Waals surface area (Å²) < 4.78 is 0. The van der Waals surface area contributed by atoms with Crippen LogP contribution < -0.4 is 5.73 Å². The van der Waals surface area contributed by atoms with Gasteiger partial charge >= 0.3 is 0 Å². The molecule has 0 aromatic heterocycles. The molecule has 1 aromatic carbocycles. The molecule has 20 heavy (non-hydrogen) atoms. The lowest BCUT2D eigenvalue weighted by atomic mass is 9.85. The molecule has 2 nitrogen and oxygen atoms in total. The number of hydrogen-bond donors (Lipinski definition) is 1. The third-order valence-electron chi connectivity index (χ3n) is 5.15. The summed E-state index contributed by atoms with van der Waals surface area (Å²) in [6.45, 7) is 5.49. The molecule has 1 aromatic rings. The third kappa shape index (κ3) is 2.77. The van der Waals surface area contributed by atoms with E-state index in [2.05, 4.69) is 36.1 Å². The molecule has 1 heterocycles. The first-order chi connectivity index (χ1) is 9.85. The highest BCUT2D eigenvalue weighted by molar-refractivity contribution is 5.36. The van der Waals surface area contributed by atoms with Crippen molar-refractivity contribution in [1.29, 1.82) is 0 Å². The molecule has 0 radical (unpaired) electrons. The van der Waals surface area contributed by atoms with Gasteiger partial charge in [0, 0.05) is 6.04 Å². The van der Waals surface area contributed by atoms with E-state index in [1.165, 1.54) is 38.6 Å². The molecule has 0 spiro atoms. The van der Waals surface area contributed by atoms with Gasteiger partial charge in [-0.05, 0) is 68.3 Å². The van der Waals surface area contributed by atoms with Crippen LogP contribution in [0.2, 0.25) is 0 Å². The fourth-order valence-electron chi connectivity index (χ4n) is 3.92. The number of nitrogens with zero attached hydrogens (tertiary/aromatic N) is 1. The Morgan fingerprint density at radius 3 is 2.50 bits per heavy atom. The van der Waals surface area contributed by atoms with Gasteiger partial charge in [0.1, 0.15) is 0 Å². The lowest BCUT2D eigenvalue weighted by Gasteiger charge is -2.35. The van der Waals surface area contributed by atoms with E-state index in [1.54, 1.807) is 11.1 Å². The average Bonchev–Trinajstić information content (AvgIpc) is 3.33. The highest BCUT2D eigenvalue weighted by Gasteiger charge is 2.34. The Bertz CT molecular complexity index is 425. The van der Waals surface area contributed by atoms with Crippen LogP contribution in [0.25, 0.3) is 0 Å². The van der Waals surface area contributed by atoms with E-state index in [9.17, 15) is 0 Å². The Morgan fingerprint density at radius 2 is 1.85 bits per heavy atom. The molecule has 1 aliphatic heterocycles. The predicted molar refractivity (Wildman–Crippen MR) is 84.8 cm³/mol. The summed E-state index contributed by atoms with van der Waals surface area (Å²) in [7, 11) is 0. The van der Waals surface area contributed by atoms with Gasteiger partial charge in [-0.15, -0.1) is 0 Å². The Kier molecular flexibility index (Phi) is 4.42. The molecule has 0 amide bonds. The fraction of sp³-hybridized carbons (Fsp3) is 0.667. The van der Waals surface area contributed by atoms with Gasteiger partial charge in [-0.3, -0.25) is 4.90 Å². The molecular formula is C18H28N2. The SMILES string of the molecule is CCN1CCCCC(CN)C1c1ccccc1C1CC1. The van der Waals surface area contributed by atoms with Crippen LogP contribution in [0, 0.1) is 5.92 Å². The predicted octanol–water partition coefficient (Wildman–Crippen LogP) is 3.69. The van der Waals surface area contributed by atoms with Crippen LogP contribution in [-0.4, -0.2) is 24.5 Å². The van der Waals surface area contributed by atoms with E-state index in [0.29, 0.717) is 12.0 Å². The highest BCUT2D eigenvalue weighted by atomic mass is 15.2. The second-order valence-corrected chi connectivity index (χ2v) is 6.47. The van der Waals surface area contributed by atoms with Gasteiger partial charge in [-0.2, -0.15) is 0 Å². The minimum atomic E-state index is 0.546. The quantitative estimate of drug-likeness (QED) is 0.906. The summed E-state index contributed by atoms with van der Waals surface area (Å²) in [6.07, 6.45) is 6.70. The van der Waals surface area contributed by atoms with Gasteiger partial charge in [0.2, 0.25) is 0 Å². The average molecular weight is 272 g/mol. The zero-order chi connectivity index (χ0) is 13.9. The molecule has 2 N–H and O–H groups in total. The van der Waals surface area contributed by atoms with Crippen LogP contribution in [0.3, 0.4) is 0 Å². The van der Waals surface area contributed by atoms with Crippen molar-refractivity contribution < 1.29 is 0 Å². The van der Waals surface area contributed by atoms with Crippen LogP contribution in [0.15, 0.2) is 24.3 Å². The van der Waals surface area contributed by atoms with E-state index >= 15 is 0 Å². The topological polar surface area (TPSA) is 29.3 Å². The fourth-order valence-corrected chi connectivity index (χ4v) is 3.92. The van der Waals surface area contributed by atoms with Gasteiger partial charge in [-0.1, -0.05) is 37.6 Å². The molecule has 2 unspecified atom stereocenters. The highest BCUT2D eigenvalue weighted by Crippen LogP contribution is 2.46. The van der Waals surface area contributed by atoms with Gasteiger partial charge < -0.3 is 5.73 Å². The molecule has 3 rings (SSSR count). The molecule has 0 bridgehead atoms. The standard InChI is InChI=1S/C18H28N2/c1-2-20-12-6-5-7-15(13-19)18(20)17-9-4-3-8-16(17)14-10-11-14/h3-4,8-9,14-15,18H,2,5-7,10-13,19H2,1H3. The van der Waals surface area contributed by atoms with Crippen molar-refractivity contribution in [3.8, 4) is 0 Å². The minimum absolute atomic E-state index is 0.546. The number of hydrogen-bond acceptors (Lipinski definition) is 2. The van der Waals surface area contributed by atoms with E-state index in [1.807, 2.05) is 0 Å². The third-order valence-corrected chi connectivity index (χ3v) is 5.15. The van der Waals surface area contributed by atoms with E-state index in [4.69, 9.17) is 5.73 Å². The number of nitrogens with two attached hydrogens (primary N) is 1. The van der Waals surface area contributed by atoms with E-state index < -0.39 is 0 Å². The number of likely N-dealkylation sites (tertiary alicyclic amines) is 1. The zero-order valence-electron chi connectivity index (χ0n) is 12.7. The van der Waals surface area contributed by atoms with Crippen LogP contribution in [0.4, 0.5) is 0 Å². The van der Waals surface area contributed by atoms with E-state index in [0.717, 1.165) is 19.0 Å². The van der Waals surface area contributed by atoms with Crippen molar-refractivity contribution in [3.05, 3.63) is 35.4 Å². The molecule has 2 heteroatoms. The first kappa shape index (κ1) is 14.1. The Balaban J connectivity index is 1.98. The Morgan fingerprint density at radius 1 is 1.10 bits per heavy atom. The summed E-state index contributed by atoms with van der Waals surface area (Å²) in [5, 5.41) is 0. The number of rotatable bonds is 4. The lowest BCUT2D eigenvalue weighted by Crippen LogP contribution is -2.36. The summed E-state index contributed by atoms with van der Waals surface area (Å²) in [4.78, 5) is 2.67. The molecule has 2 aliphatic rings. The Hall–Kier alpha value is -0.860. The van der Waals surface area contributed by atoms with Crippen molar-refractivity contribution in [2.75, 3.05) is 19.6 Å². The van der Waals surface area contributed by atoms with Gasteiger partial charge in [0.25, 0.3) is 0 Å². The Labute approximate surface area is 123 Å². The second kappa shape index (κ2) is 6.28. The maximum atomic E-state index is 6.13. The maximum Gasteiger partial charge on any atom is 0.0391 e. The molecule has 2 atom stereocenters. The first-order valence-corrected chi connectivity index (χ1v) is 8.38. The first-order valence-electron chi connectivity index (χ1n) is 8.38. The maximum absolute atomic E-state index is 6.13. The van der Waals surface area contributed by atoms with Crippen molar-refractivity contribution in [2.45, 2.75) is 51.0 Å². The van der Waals surface area contributed by atoms with Crippen LogP contribution in [-0.2, 0) is 0 Å². The van der Waals surface area contributed by atoms with Crippen molar-refractivity contribution in [2.24, 2.45) is 11.7 Å². The van der Waals surface area contributed by atoms with Crippen molar-refractivity contribution >= 4 is 0 Å². The van der Waals surface area contributed by atoms with Crippen molar-refractivity contribution in [3.63, 3.8) is 0 Å². The second-order valence-electron chi connectivity index (χ2n) is 6.47. The monoisotopic (exact) mass is 272 g/mol. The van der Waals surface area contributed by atoms with Crippen LogP contribution >= 0.6 is 0 Å². The van der Waals surface area contributed by atoms with Crippen LogP contribution in [0.5, 0.6) is 0 Å². The van der Waals surface area contributed by atoms with Gasteiger partial charge in [-0.25, -0.2) is 0 Å². The molecular weight excluding hydrogens is 244 g/mol. The molecule has 110 valence electrons. The molecule has 1 saturated carbocycles. The lowest BCUT2D eigenvalue weighted by molar-refractivity contribution is 0.165. The summed E-state index contributed by atoms with van der Waals surface area (Å²) in [6, 6.07) is 9.70. The normalized spacial score (nSPS) is 28.3.